The minimum Gasteiger partial charge on any atom is -0.466 e. The SMILES string of the molecule is COC(=O)C1=C(C)NC(C)=C(C(=O)OCCCCCCCc2nc(C)cs2)C1c1cccc(Cl)c1. The van der Waals surface area contributed by atoms with E-state index in [1.807, 2.05) is 19.9 Å². The Morgan fingerprint density at radius 2 is 1.71 bits per heavy atom. The Labute approximate surface area is 216 Å². The lowest BCUT2D eigenvalue weighted by Crippen LogP contribution is -2.32. The molecule has 0 spiro atoms. The first-order valence-electron chi connectivity index (χ1n) is 11.9. The molecule has 0 radical (unpaired) electrons. The molecular formula is C27H33ClN2O4S. The van der Waals surface area contributed by atoms with Gasteiger partial charge in [-0.2, -0.15) is 0 Å². The number of halogens is 1. The average molecular weight is 517 g/mol. The van der Waals surface area contributed by atoms with Gasteiger partial charge in [-0.3, -0.25) is 0 Å². The Hall–Kier alpha value is -2.64. The summed E-state index contributed by atoms with van der Waals surface area (Å²) in [5.74, 6) is -1.55. The van der Waals surface area contributed by atoms with Crippen molar-refractivity contribution in [2.75, 3.05) is 13.7 Å². The Morgan fingerprint density at radius 3 is 2.37 bits per heavy atom. The highest BCUT2D eigenvalue weighted by Gasteiger charge is 2.37. The molecule has 0 bridgehead atoms. The number of aryl methyl sites for hydroxylation is 2. The topological polar surface area (TPSA) is 77.5 Å². The van der Waals surface area contributed by atoms with Gasteiger partial charge >= 0.3 is 11.9 Å². The highest BCUT2D eigenvalue weighted by Crippen LogP contribution is 2.39. The van der Waals surface area contributed by atoms with E-state index in [4.69, 9.17) is 21.1 Å². The summed E-state index contributed by atoms with van der Waals surface area (Å²) >= 11 is 7.96. The van der Waals surface area contributed by atoms with Crippen LogP contribution in [0, 0.1) is 6.92 Å². The highest BCUT2D eigenvalue weighted by molar-refractivity contribution is 7.09. The van der Waals surface area contributed by atoms with E-state index in [0.717, 1.165) is 49.8 Å². The van der Waals surface area contributed by atoms with Gasteiger partial charge in [0.05, 0.1) is 35.8 Å². The van der Waals surface area contributed by atoms with Crippen LogP contribution in [0.1, 0.15) is 68.1 Å². The summed E-state index contributed by atoms with van der Waals surface area (Å²) in [6.07, 6.45) is 6.14. The summed E-state index contributed by atoms with van der Waals surface area (Å²) in [5, 5.41) is 6.96. The summed E-state index contributed by atoms with van der Waals surface area (Å²) in [6, 6.07) is 7.18. The van der Waals surface area contributed by atoms with Crippen molar-refractivity contribution < 1.29 is 19.1 Å². The van der Waals surface area contributed by atoms with E-state index in [0.29, 0.717) is 34.2 Å². The van der Waals surface area contributed by atoms with Crippen LogP contribution in [0.3, 0.4) is 0 Å². The van der Waals surface area contributed by atoms with E-state index in [9.17, 15) is 9.59 Å². The van der Waals surface area contributed by atoms with E-state index < -0.39 is 17.9 Å². The van der Waals surface area contributed by atoms with Crippen molar-refractivity contribution >= 4 is 34.9 Å². The lowest BCUT2D eigenvalue weighted by Gasteiger charge is -2.30. The number of nitrogens with zero attached hydrogens (tertiary/aromatic N) is 1. The second kappa shape index (κ2) is 12.9. The molecule has 0 saturated heterocycles. The van der Waals surface area contributed by atoms with E-state index in [1.54, 1.807) is 36.5 Å². The number of dihydropyridines is 1. The molecule has 2 aromatic rings. The first-order chi connectivity index (χ1) is 16.8. The number of carbonyl (C=O) groups is 2. The Balaban J connectivity index is 1.58. The molecule has 188 valence electrons. The van der Waals surface area contributed by atoms with E-state index in [2.05, 4.69) is 15.7 Å². The number of allylic oxidation sites excluding steroid dienone is 2. The molecule has 2 heterocycles. The molecule has 1 aliphatic heterocycles. The van der Waals surface area contributed by atoms with Gasteiger partial charge in [0.25, 0.3) is 0 Å². The smallest absolute Gasteiger partial charge is 0.336 e. The molecule has 8 heteroatoms. The highest BCUT2D eigenvalue weighted by atomic mass is 35.5. The summed E-state index contributed by atoms with van der Waals surface area (Å²) < 4.78 is 10.7. The van der Waals surface area contributed by atoms with Crippen LogP contribution < -0.4 is 5.32 Å². The Morgan fingerprint density at radius 1 is 1.03 bits per heavy atom. The first-order valence-corrected chi connectivity index (χ1v) is 13.2. The number of hydrogen-bond donors (Lipinski definition) is 1. The molecule has 0 saturated carbocycles. The number of nitrogens with one attached hydrogen (secondary N) is 1. The zero-order chi connectivity index (χ0) is 25.4. The molecule has 1 aromatic heterocycles. The molecule has 6 nitrogen and oxygen atoms in total. The molecule has 35 heavy (non-hydrogen) atoms. The summed E-state index contributed by atoms with van der Waals surface area (Å²) in [5.41, 5.74) is 3.90. The number of thiazole rings is 1. The molecule has 1 aromatic carbocycles. The maximum atomic E-state index is 13.2. The summed E-state index contributed by atoms with van der Waals surface area (Å²) in [7, 11) is 1.33. The van der Waals surface area contributed by atoms with Crippen LogP contribution in [0.2, 0.25) is 5.02 Å². The first kappa shape index (κ1) is 27.0. The maximum Gasteiger partial charge on any atom is 0.336 e. The zero-order valence-electron chi connectivity index (χ0n) is 20.8. The van der Waals surface area contributed by atoms with Gasteiger partial charge in [-0.1, -0.05) is 43.0 Å². The van der Waals surface area contributed by atoms with Crippen molar-refractivity contribution in [1.29, 1.82) is 0 Å². The van der Waals surface area contributed by atoms with Gasteiger partial charge in [0, 0.05) is 27.5 Å². The number of ether oxygens (including phenoxy) is 2. The predicted octanol–water partition coefficient (Wildman–Crippen LogP) is 6.25. The average Bonchev–Trinajstić information content (AvgIpc) is 3.24. The summed E-state index contributed by atoms with van der Waals surface area (Å²) in [6.45, 7) is 5.97. The molecule has 0 amide bonds. The van der Waals surface area contributed by atoms with Crippen LogP contribution in [0.25, 0.3) is 0 Å². The number of rotatable bonds is 11. The van der Waals surface area contributed by atoms with Crippen LogP contribution in [0.5, 0.6) is 0 Å². The number of hydrogen-bond acceptors (Lipinski definition) is 7. The predicted molar refractivity (Wildman–Crippen MR) is 139 cm³/mol. The van der Waals surface area contributed by atoms with Crippen LogP contribution >= 0.6 is 22.9 Å². The Kier molecular flexibility index (Phi) is 9.93. The normalized spacial score (nSPS) is 15.7. The molecule has 3 rings (SSSR count). The number of aromatic nitrogens is 1. The number of unbranched alkanes of at least 4 members (excludes halogenated alkanes) is 4. The van der Waals surface area contributed by atoms with Crippen molar-refractivity contribution in [3.63, 3.8) is 0 Å². The van der Waals surface area contributed by atoms with Gasteiger partial charge in [-0.05, 0) is 57.7 Å². The van der Waals surface area contributed by atoms with E-state index in [-0.39, 0.29) is 0 Å². The van der Waals surface area contributed by atoms with Crippen LogP contribution in [0.15, 0.2) is 52.2 Å². The van der Waals surface area contributed by atoms with Gasteiger partial charge in [0.2, 0.25) is 0 Å². The fourth-order valence-corrected chi connectivity index (χ4v) is 5.35. The molecule has 1 atom stereocenters. The van der Waals surface area contributed by atoms with E-state index >= 15 is 0 Å². The fourth-order valence-electron chi connectivity index (χ4n) is 4.33. The quantitative estimate of drug-likeness (QED) is 0.281. The monoisotopic (exact) mass is 516 g/mol. The fraction of sp³-hybridized carbons (Fsp3) is 0.444. The largest absolute Gasteiger partial charge is 0.466 e. The van der Waals surface area contributed by atoms with Crippen LogP contribution in [-0.4, -0.2) is 30.6 Å². The molecule has 0 fully saturated rings. The van der Waals surface area contributed by atoms with Crippen molar-refractivity contribution in [1.82, 2.24) is 10.3 Å². The minimum absolute atomic E-state index is 0.333. The molecule has 1 unspecified atom stereocenters. The zero-order valence-corrected chi connectivity index (χ0v) is 22.4. The van der Waals surface area contributed by atoms with Gasteiger partial charge < -0.3 is 14.8 Å². The van der Waals surface area contributed by atoms with Crippen molar-refractivity contribution in [2.24, 2.45) is 0 Å². The third-order valence-corrected chi connectivity index (χ3v) is 7.26. The lowest BCUT2D eigenvalue weighted by molar-refractivity contribution is -0.139. The third kappa shape index (κ3) is 7.18. The number of esters is 2. The molecule has 1 aliphatic rings. The number of carbonyl (C=O) groups excluding carboxylic acids is 2. The second-order valence-corrected chi connectivity index (χ2v) is 10.1. The standard InChI is InChI=1S/C27H33ClN2O4S/c1-17-16-35-22(29-17)13-8-6-5-7-9-14-34-27(32)24-19(3)30-18(2)23(26(31)33-4)25(24)20-11-10-12-21(28)15-20/h10-12,15-16,25,30H,5-9,13-14H2,1-4H3. The molecular weight excluding hydrogens is 484 g/mol. The minimum atomic E-state index is -0.621. The van der Waals surface area contributed by atoms with Crippen LogP contribution in [-0.2, 0) is 25.5 Å². The van der Waals surface area contributed by atoms with Gasteiger partial charge in [0.15, 0.2) is 0 Å². The van der Waals surface area contributed by atoms with Gasteiger partial charge in [-0.25, -0.2) is 14.6 Å². The number of benzene rings is 1. The lowest BCUT2D eigenvalue weighted by atomic mass is 9.80. The maximum absolute atomic E-state index is 13.2. The van der Waals surface area contributed by atoms with Crippen molar-refractivity contribution in [3.05, 3.63) is 73.5 Å². The number of methoxy groups -OCH3 is 1. The van der Waals surface area contributed by atoms with Crippen molar-refractivity contribution in [2.45, 2.75) is 65.2 Å². The van der Waals surface area contributed by atoms with E-state index in [1.165, 1.54) is 12.1 Å². The third-order valence-electron chi connectivity index (χ3n) is 6.00. The molecule has 1 N–H and O–H groups in total. The Bertz CT molecular complexity index is 1120. The van der Waals surface area contributed by atoms with Crippen molar-refractivity contribution in [3.8, 4) is 0 Å². The summed E-state index contributed by atoms with van der Waals surface area (Å²) in [4.78, 5) is 30.4. The van der Waals surface area contributed by atoms with Gasteiger partial charge in [0.1, 0.15) is 0 Å². The van der Waals surface area contributed by atoms with Gasteiger partial charge in [-0.15, -0.1) is 11.3 Å². The second-order valence-electron chi connectivity index (χ2n) is 8.72. The van der Waals surface area contributed by atoms with Crippen LogP contribution in [0.4, 0.5) is 0 Å². The molecule has 0 aliphatic carbocycles.